The van der Waals surface area contributed by atoms with E-state index in [1.54, 1.807) is 20.2 Å². The Morgan fingerprint density at radius 3 is 3.00 bits per heavy atom. The molecule has 0 radical (unpaired) electrons. The summed E-state index contributed by atoms with van der Waals surface area (Å²) >= 11 is 0. The van der Waals surface area contributed by atoms with Gasteiger partial charge in [-0.2, -0.15) is 0 Å². The lowest BCUT2D eigenvalue weighted by Gasteiger charge is -2.31. The van der Waals surface area contributed by atoms with Crippen molar-refractivity contribution in [2.75, 3.05) is 19.0 Å². The van der Waals surface area contributed by atoms with Crippen LogP contribution in [0.1, 0.15) is 43.0 Å². The molecule has 25 heavy (non-hydrogen) atoms. The third-order valence-electron chi connectivity index (χ3n) is 4.95. The van der Waals surface area contributed by atoms with Crippen molar-refractivity contribution in [3.8, 4) is 11.5 Å². The lowest BCUT2D eigenvalue weighted by Crippen LogP contribution is -2.39. The maximum atomic E-state index is 12.4. The normalized spacial score (nSPS) is 21.5. The van der Waals surface area contributed by atoms with Gasteiger partial charge in [-0.1, -0.05) is 6.42 Å². The van der Waals surface area contributed by atoms with Crippen molar-refractivity contribution in [2.45, 2.75) is 44.8 Å². The number of hydrogen-bond donors (Lipinski definition) is 1. The summed E-state index contributed by atoms with van der Waals surface area (Å²) in [6, 6.07) is 3.91. The second-order valence-electron chi connectivity index (χ2n) is 6.48. The van der Waals surface area contributed by atoms with Crippen molar-refractivity contribution in [1.82, 2.24) is 4.98 Å². The number of hydrogen-bond acceptors (Lipinski definition) is 6. The predicted octanol–water partition coefficient (Wildman–Crippen LogP) is 3.54. The van der Waals surface area contributed by atoms with Crippen LogP contribution in [0.15, 0.2) is 18.3 Å². The van der Waals surface area contributed by atoms with Gasteiger partial charge >= 0.3 is 5.97 Å². The summed E-state index contributed by atoms with van der Waals surface area (Å²) in [4.78, 5) is 16.9. The van der Waals surface area contributed by atoms with Crippen LogP contribution < -0.4 is 14.8 Å². The number of nitrogens with one attached hydrogen (secondary N) is 1. The zero-order valence-corrected chi connectivity index (χ0v) is 14.5. The number of anilines is 1. The molecule has 1 fully saturated rings. The Balaban J connectivity index is 1.92. The van der Waals surface area contributed by atoms with E-state index in [0.29, 0.717) is 23.7 Å². The molecule has 1 aliphatic heterocycles. The molecule has 6 heteroatoms. The molecule has 1 aliphatic carbocycles. The second-order valence-corrected chi connectivity index (χ2v) is 6.48. The molecule has 1 aromatic heterocycles. The molecule has 132 valence electrons. The molecule has 0 bridgehead atoms. The molecule has 2 heterocycles. The number of esters is 1. The maximum Gasteiger partial charge on any atom is 0.341 e. The van der Waals surface area contributed by atoms with Crippen LogP contribution in [0.25, 0.3) is 10.9 Å². The van der Waals surface area contributed by atoms with Crippen molar-refractivity contribution in [3.63, 3.8) is 0 Å². The van der Waals surface area contributed by atoms with Gasteiger partial charge in [0.2, 0.25) is 0 Å². The number of carbonyl (C=O) groups is 1. The highest BCUT2D eigenvalue weighted by Crippen LogP contribution is 2.42. The zero-order valence-electron chi connectivity index (χ0n) is 14.5. The van der Waals surface area contributed by atoms with Gasteiger partial charge < -0.3 is 19.5 Å². The zero-order chi connectivity index (χ0) is 17.4. The van der Waals surface area contributed by atoms with Gasteiger partial charge in [0.1, 0.15) is 23.2 Å². The number of ether oxygens (including phenoxy) is 3. The van der Waals surface area contributed by atoms with E-state index in [2.05, 4.69) is 10.3 Å². The van der Waals surface area contributed by atoms with Gasteiger partial charge in [-0.05, 0) is 26.2 Å². The van der Waals surface area contributed by atoms with E-state index in [-0.39, 0.29) is 18.1 Å². The number of methoxy groups -OCH3 is 1. The molecule has 1 N–H and O–H groups in total. The third-order valence-corrected chi connectivity index (χ3v) is 4.95. The monoisotopic (exact) mass is 342 g/mol. The minimum Gasteiger partial charge on any atom is -0.497 e. The van der Waals surface area contributed by atoms with Crippen LogP contribution in [0, 0.1) is 0 Å². The standard InChI is InChI=1S/C19H22N2O4/c1-3-24-19(22)12-10-20-14-8-11(23-2)9-16-17(14)18(12)21-13-6-4-5-7-15(13)25-16/h8-10,13,15,21H,3-7H2,1-2H3. The Kier molecular flexibility index (Phi) is 4.11. The van der Waals surface area contributed by atoms with E-state index in [1.165, 1.54) is 0 Å². The highest BCUT2D eigenvalue weighted by atomic mass is 16.5. The average molecular weight is 342 g/mol. The summed E-state index contributed by atoms with van der Waals surface area (Å²) in [6.45, 7) is 2.13. The Morgan fingerprint density at radius 1 is 1.36 bits per heavy atom. The van der Waals surface area contributed by atoms with Gasteiger partial charge in [-0.25, -0.2) is 4.79 Å². The first-order chi connectivity index (χ1) is 12.2. The topological polar surface area (TPSA) is 69.7 Å². The fraction of sp³-hybridized carbons (Fsp3) is 0.474. The molecule has 6 nitrogen and oxygen atoms in total. The van der Waals surface area contributed by atoms with Crippen molar-refractivity contribution < 1.29 is 19.0 Å². The summed E-state index contributed by atoms with van der Waals surface area (Å²) in [5.41, 5.74) is 1.95. The van der Waals surface area contributed by atoms with E-state index < -0.39 is 0 Å². The lowest BCUT2D eigenvalue weighted by atomic mass is 9.92. The van der Waals surface area contributed by atoms with Crippen molar-refractivity contribution >= 4 is 22.6 Å². The van der Waals surface area contributed by atoms with Crippen LogP contribution in [-0.2, 0) is 4.74 Å². The molecule has 0 saturated heterocycles. The molecule has 2 unspecified atom stereocenters. The van der Waals surface area contributed by atoms with Gasteiger partial charge in [0.25, 0.3) is 0 Å². The molecule has 2 atom stereocenters. The predicted molar refractivity (Wildman–Crippen MR) is 94.5 cm³/mol. The number of pyridine rings is 1. The molecule has 2 aliphatic rings. The van der Waals surface area contributed by atoms with E-state index in [4.69, 9.17) is 14.2 Å². The Bertz CT molecular complexity index is 821. The summed E-state index contributed by atoms with van der Waals surface area (Å²) < 4.78 is 16.9. The first-order valence-electron chi connectivity index (χ1n) is 8.82. The van der Waals surface area contributed by atoms with E-state index in [9.17, 15) is 4.79 Å². The summed E-state index contributed by atoms with van der Waals surface area (Å²) in [6.07, 6.45) is 5.96. The molecule has 0 amide bonds. The molecule has 4 rings (SSSR count). The Morgan fingerprint density at radius 2 is 2.20 bits per heavy atom. The molecule has 0 spiro atoms. The average Bonchev–Trinajstić information content (AvgIpc) is 2.79. The quantitative estimate of drug-likeness (QED) is 0.861. The summed E-state index contributed by atoms with van der Waals surface area (Å²) in [5, 5.41) is 4.38. The molecule has 2 aromatic rings. The van der Waals surface area contributed by atoms with Gasteiger partial charge in [0, 0.05) is 18.3 Å². The first kappa shape index (κ1) is 16.0. The number of carbonyl (C=O) groups excluding carboxylic acids is 1. The van der Waals surface area contributed by atoms with Crippen LogP contribution >= 0.6 is 0 Å². The third kappa shape index (κ3) is 2.75. The van der Waals surface area contributed by atoms with Crippen LogP contribution in [0.2, 0.25) is 0 Å². The van der Waals surface area contributed by atoms with Gasteiger partial charge in [0.15, 0.2) is 0 Å². The van der Waals surface area contributed by atoms with E-state index >= 15 is 0 Å². The number of aromatic nitrogens is 1. The number of rotatable bonds is 3. The molecule has 1 saturated carbocycles. The largest absolute Gasteiger partial charge is 0.497 e. The van der Waals surface area contributed by atoms with Crippen molar-refractivity contribution in [3.05, 3.63) is 23.9 Å². The smallest absolute Gasteiger partial charge is 0.341 e. The van der Waals surface area contributed by atoms with Crippen LogP contribution in [-0.4, -0.2) is 36.8 Å². The molecule has 1 aromatic carbocycles. The lowest BCUT2D eigenvalue weighted by molar-refractivity contribution is 0.0527. The highest BCUT2D eigenvalue weighted by molar-refractivity contribution is 6.07. The maximum absolute atomic E-state index is 12.4. The minimum atomic E-state index is -0.365. The fourth-order valence-corrected chi connectivity index (χ4v) is 3.74. The van der Waals surface area contributed by atoms with E-state index in [0.717, 1.165) is 42.3 Å². The van der Waals surface area contributed by atoms with Gasteiger partial charge in [0.05, 0.1) is 36.3 Å². The Labute approximate surface area is 146 Å². The molecular weight excluding hydrogens is 320 g/mol. The highest BCUT2D eigenvalue weighted by Gasteiger charge is 2.33. The van der Waals surface area contributed by atoms with Crippen LogP contribution in [0.4, 0.5) is 5.69 Å². The van der Waals surface area contributed by atoms with E-state index in [1.807, 2.05) is 12.1 Å². The SMILES string of the molecule is CCOC(=O)c1cnc2cc(OC)cc3c2c1NC1CCCCC1O3. The second kappa shape index (κ2) is 6.43. The summed E-state index contributed by atoms with van der Waals surface area (Å²) in [5.74, 6) is 1.04. The van der Waals surface area contributed by atoms with Crippen molar-refractivity contribution in [1.29, 1.82) is 0 Å². The first-order valence-corrected chi connectivity index (χ1v) is 8.82. The van der Waals surface area contributed by atoms with Gasteiger partial charge in [-0.3, -0.25) is 4.98 Å². The van der Waals surface area contributed by atoms with Gasteiger partial charge in [-0.15, -0.1) is 0 Å². The summed E-state index contributed by atoms with van der Waals surface area (Å²) in [7, 11) is 1.63. The van der Waals surface area contributed by atoms with Crippen LogP contribution in [0.3, 0.4) is 0 Å². The molecular formula is C19H22N2O4. The van der Waals surface area contributed by atoms with Crippen molar-refractivity contribution in [2.24, 2.45) is 0 Å². The number of benzene rings is 1. The van der Waals surface area contributed by atoms with Crippen LogP contribution in [0.5, 0.6) is 11.5 Å². The number of nitrogens with zero attached hydrogens (tertiary/aromatic N) is 1. The number of fused-ring (bicyclic) bond motifs is 1. The Hall–Kier alpha value is -2.50. The fourth-order valence-electron chi connectivity index (χ4n) is 3.74. The minimum absolute atomic E-state index is 0.0755.